The molecule has 28 heavy (non-hydrogen) atoms. The lowest BCUT2D eigenvalue weighted by atomic mass is 9.96. The molecule has 2 heterocycles. The number of rotatable bonds is 4. The Morgan fingerprint density at radius 2 is 1.82 bits per heavy atom. The highest BCUT2D eigenvalue weighted by Gasteiger charge is 2.23. The molecule has 0 aliphatic carbocycles. The molecule has 4 rings (SSSR count). The van der Waals surface area contributed by atoms with Crippen LogP contribution in [0.4, 0.5) is 14.6 Å². The van der Waals surface area contributed by atoms with Gasteiger partial charge in [-0.2, -0.15) is 5.10 Å². The maximum Gasteiger partial charge on any atom is 0.199 e. The molecule has 0 aliphatic heterocycles. The second-order valence-corrected chi connectivity index (χ2v) is 6.13. The lowest BCUT2D eigenvalue weighted by molar-refractivity contribution is 0.104. The lowest BCUT2D eigenvalue weighted by Gasteiger charge is -2.07. The number of benzene rings is 2. The van der Waals surface area contributed by atoms with Crippen molar-refractivity contribution in [3.8, 4) is 22.4 Å². The fourth-order valence-corrected chi connectivity index (χ4v) is 2.99. The number of aromatic nitrogens is 3. The second-order valence-electron chi connectivity index (χ2n) is 6.13. The van der Waals surface area contributed by atoms with E-state index in [9.17, 15) is 13.6 Å². The molecule has 0 bridgehead atoms. The van der Waals surface area contributed by atoms with Crippen molar-refractivity contribution in [2.75, 3.05) is 5.73 Å². The minimum atomic E-state index is -0.818. The van der Waals surface area contributed by atoms with Gasteiger partial charge in [-0.25, -0.2) is 8.78 Å². The zero-order chi connectivity index (χ0) is 19.7. The van der Waals surface area contributed by atoms with Crippen LogP contribution in [0, 0.1) is 11.6 Å². The minimum Gasteiger partial charge on any atom is -0.382 e. The standard InChI is InChI=1S/C21H14F2N4O/c22-15-6-7-16(17(23)10-15)19-18(21(24)27-26-19)20(28)13-4-1-3-12(9-13)14-5-2-8-25-11-14/h1-11H,(H3,24,26,27). The third-order valence-corrected chi connectivity index (χ3v) is 4.34. The number of carbonyl (C=O) groups excluding carboxylic acids is 1. The summed E-state index contributed by atoms with van der Waals surface area (Å²) in [7, 11) is 0. The van der Waals surface area contributed by atoms with Gasteiger partial charge in [-0.05, 0) is 29.8 Å². The van der Waals surface area contributed by atoms with Gasteiger partial charge in [0.05, 0.1) is 11.3 Å². The molecule has 7 heteroatoms. The molecular formula is C21H14F2N4O. The Balaban J connectivity index is 1.79. The summed E-state index contributed by atoms with van der Waals surface area (Å²) in [5.41, 5.74) is 8.04. The molecule has 0 saturated carbocycles. The number of nitrogens with zero attached hydrogens (tertiary/aromatic N) is 2. The zero-order valence-electron chi connectivity index (χ0n) is 14.5. The van der Waals surface area contributed by atoms with Crippen LogP contribution >= 0.6 is 0 Å². The first-order chi connectivity index (χ1) is 13.5. The molecule has 0 amide bonds. The number of hydrogen-bond donors (Lipinski definition) is 2. The summed E-state index contributed by atoms with van der Waals surface area (Å²) in [6, 6.07) is 13.7. The fraction of sp³-hybridized carbons (Fsp3) is 0. The van der Waals surface area contributed by atoms with E-state index < -0.39 is 17.4 Å². The predicted molar refractivity (Wildman–Crippen MR) is 101 cm³/mol. The van der Waals surface area contributed by atoms with E-state index in [1.165, 1.54) is 6.07 Å². The molecule has 5 nitrogen and oxygen atoms in total. The first kappa shape index (κ1) is 17.5. The highest BCUT2D eigenvalue weighted by Crippen LogP contribution is 2.30. The van der Waals surface area contributed by atoms with Crippen molar-refractivity contribution >= 4 is 11.6 Å². The van der Waals surface area contributed by atoms with Gasteiger partial charge in [0.1, 0.15) is 11.6 Å². The topological polar surface area (TPSA) is 84.7 Å². The van der Waals surface area contributed by atoms with E-state index in [1.54, 1.807) is 36.7 Å². The predicted octanol–water partition coefficient (Wildman–Crippen LogP) is 4.23. The third kappa shape index (κ3) is 3.14. The molecule has 0 aliphatic rings. The number of nitrogens with two attached hydrogens (primary N) is 1. The van der Waals surface area contributed by atoms with E-state index in [4.69, 9.17) is 5.73 Å². The number of ketones is 1. The van der Waals surface area contributed by atoms with Crippen LogP contribution in [-0.4, -0.2) is 21.0 Å². The van der Waals surface area contributed by atoms with Crippen molar-refractivity contribution in [1.29, 1.82) is 0 Å². The van der Waals surface area contributed by atoms with Gasteiger partial charge in [-0.15, -0.1) is 0 Å². The van der Waals surface area contributed by atoms with E-state index in [1.807, 2.05) is 12.1 Å². The van der Waals surface area contributed by atoms with E-state index in [-0.39, 0.29) is 22.6 Å². The molecule has 0 unspecified atom stereocenters. The van der Waals surface area contributed by atoms with Crippen LogP contribution in [0.25, 0.3) is 22.4 Å². The van der Waals surface area contributed by atoms with Crippen LogP contribution in [0.15, 0.2) is 67.0 Å². The highest BCUT2D eigenvalue weighted by atomic mass is 19.1. The first-order valence-electron chi connectivity index (χ1n) is 8.39. The molecule has 2 aromatic carbocycles. The zero-order valence-corrected chi connectivity index (χ0v) is 14.5. The second kappa shape index (κ2) is 7.03. The summed E-state index contributed by atoms with van der Waals surface area (Å²) < 4.78 is 27.5. The number of anilines is 1. The summed E-state index contributed by atoms with van der Waals surface area (Å²) in [6.45, 7) is 0. The van der Waals surface area contributed by atoms with E-state index in [0.717, 1.165) is 23.3 Å². The molecule has 3 N–H and O–H groups in total. The van der Waals surface area contributed by atoms with Gasteiger partial charge in [0, 0.05) is 35.2 Å². The maximum absolute atomic E-state index is 14.2. The Bertz CT molecular complexity index is 1170. The minimum absolute atomic E-state index is 0.0114. The normalized spacial score (nSPS) is 10.8. The summed E-state index contributed by atoms with van der Waals surface area (Å²) in [5.74, 6) is -2.01. The van der Waals surface area contributed by atoms with Crippen molar-refractivity contribution in [1.82, 2.24) is 15.2 Å². The van der Waals surface area contributed by atoms with Crippen molar-refractivity contribution in [3.05, 3.63) is 89.8 Å². The molecule has 0 atom stereocenters. The number of hydrogen-bond acceptors (Lipinski definition) is 4. The van der Waals surface area contributed by atoms with Gasteiger partial charge in [0.15, 0.2) is 11.6 Å². The Hall–Kier alpha value is -3.87. The number of aromatic amines is 1. The molecular weight excluding hydrogens is 362 g/mol. The van der Waals surface area contributed by atoms with E-state index >= 15 is 0 Å². The van der Waals surface area contributed by atoms with Crippen LogP contribution in [0.3, 0.4) is 0 Å². The Kier molecular flexibility index (Phi) is 4.41. The monoisotopic (exact) mass is 376 g/mol. The van der Waals surface area contributed by atoms with Crippen LogP contribution in [0.5, 0.6) is 0 Å². The number of halogens is 2. The van der Waals surface area contributed by atoms with Gasteiger partial charge < -0.3 is 5.73 Å². The Morgan fingerprint density at radius 3 is 2.57 bits per heavy atom. The third-order valence-electron chi connectivity index (χ3n) is 4.34. The summed E-state index contributed by atoms with van der Waals surface area (Å²) in [4.78, 5) is 17.2. The maximum atomic E-state index is 14.2. The molecule has 0 radical (unpaired) electrons. The molecule has 0 spiro atoms. The van der Waals surface area contributed by atoms with Crippen LogP contribution in [-0.2, 0) is 0 Å². The molecule has 2 aromatic heterocycles. The average Bonchev–Trinajstić information content (AvgIpc) is 3.09. The SMILES string of the molecule is Nc1n[nH]c(-c2ccc(F)cc2F)c1C(=O)c1cccc(-c2cccnc2)c1. The van der Waals surface area contributed by atoms with Crippen molar-refractivity contribution in [2.24, 2.45) is 0 Å². The number of H-pyrrole nitrogens is 1. The van der Waals surface area contributed by atoms with Crippen LogP contribution < -0.4 is 5.73 Å². The van der Waals surface area contributed by atoms with Gasteiger partial charge in [0.2, 0.25) is 0 Å². The average molecular weight is 376 g/mol. The summed E-state index contributed by atoms with van der Waals surface area (Å²) in [6.07, 6.45) is 3.35. The molecule has 4 aromatic rings. The van der Waals surface area contributed by atoms with Gasteiger partial charge in [-0.3, -0.25) is 14.9 Å². The fourth-order valence-electron chi connectivity index (χ4n) is 2.99. The Labute approximate surface area is 158 Å². The van der Waals surface area contributed by atoms with Crippen LogP contribution in [0.2, 0.25) is 0 Å². The number of nitrogen functional groups attached to an aromatic ring is 1. The largest absolute Gasteiger partial charge is 0.382 e. The van der Waals surface area contributed by atoms with Crippen LogP contribution in [0.1, 0.15) is 15.9 Å². The summed E-state index contributed by atoms with van der Waals surface area (Å²) >= 11 is 0. The van der Waals surface area contributed by atoms with E-state index in [0.29, 0.717) is 5.56 Å². The number of pyridine rings is 1. The Morgan fingerprint density at radius 1 is 1.00 bits per heavy atom. The molecule has 0 fully saturated rings. The van der Waals surface area contributed by atoms with Gasteiger partial charge in [-0.1, -0.05) is 24.3 Å². The van der Waals surface area contributed by atoms with Crippen molar-refractivity contribution < 1.29 is 13.6 Å². The van der Waals surface area contributed by atoms with E-state index in [2.05, 4.69) is 15.2 Å². The lowest BCUT2D eigenvalue weighted by Crippen LogP contribution is -2.06. The quantitative estimate of drug-likeness (QED) is 0.522. The van der Waals surface area contributed by atoms with Gasteiger partial charge >= 0.3 is 0 Å². The molecule has 0 saturated heterocycles. The van der Waals surface area contributed by atoms with Gasteiger partial charge in [0.25, 0.3) is 0 Å². The van der Waals surface area contributed by atoms with Crippen molar-refractivity contribution in [2.45, 2.75) is 0 Å². The smallest absolute Gasteiger partial charge is 0.199 e. The molecule has 138 valence electrons. The van der Waals surface area contributed by atoms with Crippen molar-refractivity contribution in [3.63, 3.8) is 0 Å². The first-order valence-corrected chi connectivity index (χ1v) is 8.39. The highest BCUT2D eigenvalue weighted by molar-refractivity contribution is 6.15. The summed E-state index contributed by atoms with van der Waals surface area (Å²) in [5, 5.41) is 6.42. The number of nitrogens with one attached hydrogen (secondary N) is 1. The number of carbonyl (C=O) groups is 1.